The summed E-state index contributed by atoms with van der Waals surface area (Å²) in [7, 11) is 0. The normalized spacial score (nSPS) is 10.9. The van der Waals surface area contributed by atoms with Gasteiger partial charge in [-0.15, -0.1) is 11.3 Å². The summed E-state index contributed by atoms with van der Waals surface area (Å²) in [5.41, 5.74) is 2.02. The van der Waals surface area contributed by atoms with Crippen molar-refractivity contribution >= 4 is 33.3 Å². The van der Waals surface area contributed by atoms with Gasteiger partial charge in [0.25, 0.3) is 5.91 Å². The number of ether oxygens (including phenoxy) is 1. The van der Waals surface area contributed by atoms with E-state index in [1.165, 1.54) is 17.6 Å². The lowest BCUT2D eigenvalue weighted by Gasteiger charge is -2.11. The highest BCUT2D eigenvalue weighted by Crippen LogP contribution is 2.32. The summed E-state index contributed by atoms with van der Waals surface area (Å²) in [5.74, 6) is -0.0136. The zero-order valence-electron chi connectivity index (χ0n) is 15.1. The van der Waals surface area contributed by atoms with Gasteiger partial charge in [0.15, 0.2) is 17.5 Å². The first-order valence-corrected chi connectivity index (χ1v) is 9.35. The molecule has 3 heterocycles. The molecule has 0 bridgehead atoms. The van der Waals surface area contributed by atoms with Crippen LogP contribution in [0.25, 0.3) is 22.5 Å². The summed E-state index contributed by atoms with van der Waals surface area (Å²) in [6.45, 7) is 3.49. The highest BCUT2D eigenvalue weighted by Gasteiger charge is 2.21. The van der Waals surface area contributed by atoms with Gasteiger partial charge in [0.05, 0.1) is 11.6 Å². The molecule has 0 aliphatic heterocycles. The number of benzene rings is 1. The van der Waals surface area contributed by atoms with Crippen LogP contribution in [0.2, 0.25) is 0 Å². The van der Waals surface area contributed by atoms with E-state index in [-0.39, 0.29) is 23.5 Å². The topological polar surface area (TPSA) is 94.6 Å². The van der Waals surface area contributed by atoms with Gasteiger partial charge in [-0.3, -0.25) is 14.9 Å². The Hall–Kier alpha value is -3.39. The molecule has 8 heteroatoms. The molecule has 0 radical (unpaired) electrons. The average molecular weight is 396 g/mol. The molecule has 3 aromatic heterocycles. The second-order valence-electron chi connectivity index (χ2n) is 6.17. The van der Waals surface area contributed by atoms with E-state index >= 15 is 0 Å². The van der Waals surface area contributed by atoms with Gasteiger partial charge in [0.2, 0.25) is 16.9 Å². The molecular formula is C20H16N2O5S. The Morgan fingerprint density at radius 2 is 2.11 bits per heavy atom. The maximum atomic E-state index is 13.1. The molecule has 7 nitrogen and oxygen atoms in total. The van der Waals surface area contributed by atoms with E-state index in [1.54, 1.807) is 35.8 Å². The van der Waals surface area contributed by atoms with Crippen LogP contribution in [0.1, 0.15) is 11.1 Å². The molecule has 142 valence electrons. The fourth-order valence-corrected chi connectivity index (χ4v) is 3.26. The number of fused-ring (bicyclic) bond motifs is 1. The van der Waals surface area contributed by atoms with Crippen molar-refractivity contribution in [2.45, 2.75) is 13.8 Å². The molecule has 0 aliphatic carbocycles. The molecule has 0 spiro atoms. The zero-order chi connectivity index (χ0) is 19.7. The van der Waals surface area contributed by atoms with Crippen LogP contribution in [0.5, 0.6) is 5.75 Å². The Bertz CT molecular complexity index is 1190. The molecule has 1 amide bonds. The van der Waals surface area contributed by atoms with Crippen LogP contribution in [0.3, 0.4) is 0 Å². The first-order valence-electron chi connectivity index (χ1n) is 8.47. The summed E-state index contributed by atoms with van der Waals surface area (Å²) < 4.78 is 16.9. The van der Waals surface area contributed by atoms with Crippen molar-refractivity contribution in [2.75, 3.05) is 11.9 Å². The molecule has 1 aromatic carbocycles. The van der Waals surface area contributed by atoms with Gasteiger partial charge in [-0.25, -0.2) is 4.98 Å². The Kier molecular flexibility index (Phi) is 4.70. The van der Waals surface area contributed by atoms with Crippen molar-refractivity contribution in [3.8, 4) is 17.3 Å². The highest BCUT2D eigenvalue weighted by atomic mass is 32.1. The number of nitrogens with zero attached hydrogens (tertiary/aromatic N) is 1. The number of hydrogen-bond acceptors (Lipinski definition) is 7. The van der Waals surface area contributed by atoms with E-state index in [1.807, 2.05) is 13.8 Å². The van der Waals surface area contributed by atoms with Crippen LogP contribution >= 0.6 is 11.3 Å². The van der Waals surface area contributed by atoms with Crippen LogP contribution in [0.15, 0.2) is 55.7 Å². The predicted octanol–water partition coefficient (Wildman–Crippen LogP) is 4.14. The third kappa shape index (κ3) is 3.41. The van der Waals surface area contributed by atoms with Crippen LogP contribution in [0.4, 0.5) is 5.13 Å². The van der Waals surface area contributed by atoms with Gasteiger partial charge in [0, 0.05) is 11.6 Å². The quantitative estimate of drug-likeness (QED) is 0.545. The fraction of sp³-hybridized carbons (Fsp3) is 0.150. The van der Waals surface area contributed by atoms with E-state index in [2.05, 4.69) is 10.3 Å². The predicted molar refractivity (Wildman–Crippen MR) is 106 cm³/mol. The number of rotatable bonds is 5. The maximum absolute atomic E-state index is 13.1. The van der Waals surface area contributed by atoms with E-state index in [9.17, 15) is 9.59 Å². The molecule has 4 rings (SSSR count). The molecule has 4 aromatic rings. The van der Waals surface area contributed by atoms with Gasteiger partial charge in [-0.2, -0.15) is 0 Å². The number of thiazole rings is 1. The lowest BCUT2D eigenvalue weighted by molar-refractivity contribution is -0.118. The minimum atomic E-state index is -0.431. The molecule has 0 saturated heterocycles. The summed E-state index contributed by atoms with van der Waals surface area (Å²) in [6, 6.07) is 6.90. The number of carbonyl (C=O) groups is 1. The van der Waals surface area contributed by atoms with Crippen molar-refractivity contribution in [1.82, 2.24) is 4.98 Å². The van der Waals surface area contributed by atoms with Crippen LogP contribution in [-0.2, 0) is 4.79 Å². The van der Waals surface area contributed by atoms with Gasteiger partial charge in [-0.05, 0) is 49.2 Å². The smallest absolute Gasteiger partial charge is 0.264 e. The Labute approximate surface area is 163 Å². The van der Waals surface area contributed by atoms with E-state index in [0.717, 1.165) is 11.1 Å². The third-order valence-corrected chi connectivity index (χ3v) is 4.92. The van der Waals surface area contributed by atoms with Crippen molar-refractivity contribution in [3.63, 3.8) is 0 Å². The van der Waals surface area contributed by atoms with Crippen LogP contribution in [0, 0.1) is 13.8 Å². The van der Waals surface area contributed by atoms with Crippen molar-refractivity contribution in [1.29, 1.82) is 0 Å². The van der Waals surface area contributed by atoms with E-state index in [0.29, 0.717) is 21.9 Å². The summed E-state index contributed by atoms with van der Waals surface area (Å²) in [6.07, 6.45) is 3.05. The molecule has 0 aliphatic rings. The van der Waals surface area contributed by atoms with Crippen LogP contribution < -0.4 is 15.5 Å². The van der Waals surface area contributed by atoms with Crippen molar-refractivity contribution in [2.24, 2.45) is 0 Å². The first kappa shape index (κ1) is 18.0. The van der Waals surface area contributed by atoms with Crippen LogP contribution in [-0.4, -0.2) is 17.5 Å². The lowest BCUT2D eigenvalue weighted by atomic mass is 10.1. The van der Waals surface area contributed by atoms with Gasteiger partial charge in [0.1, 0.15) is 5.58 Å². The third-order valence-electron chi connectivity index (χ3n) is 4.24. The van der Waals surface area contributed by atoms with Gasteiger partial charge < -0.3 is 13.6 Å². The fourth-order valence-electron chi connectivity index (χ4n) is 2.71. The number of aryl methyl sites for hydroxylation is 2. The Balaban J connectivity index is 1.73. The Morgan fingerprint density at radius 1 is 1.29 bits per heavy atom. The lowest BCUT2D eigenvalue weighted by Crippen LogP contribution is -2.22. The molecule has 0 atom stereocenters. The Morgan fingerprint density at radius 3 is 2.82 bits per heavy atom. The van der Waals surface area contributed by atoms with E-state index < -0.39 is 5.91 Å². The standard InChI is InChI=1S/C20H16N2O5S/c1-11-8-13-15(9-12(11)2)27-18(14-4-3-6-25-14)19(17(13)24)26-10-16(23)22-20-21-5-7-28-20/h3-9H,10H2,1-2H3,(H,21,22,23). The number of hydrogen-bond donors (Lipinski definition) is 1. The SMILES string of the molecule is Cc1cc2oc(-c3ccco3)c(OCC(=O)Nc3nccs3)c(=O)c2cc1C. The zero-order valence-corrected chi connectivity index (χ0v) is 16.0. The summed E-state index contributed by atoms with van der Waals surface area (Å²) >= 11 is 1.29. The molecule has 0 saturated carbocycles. The summed E-state index contributed by atoms with van der Waals surface area (Å²) in [4.78, 5) is 29.2. The minimum Gasteiger partial charge on any atom is -0.476 e. The number of nitrogens with one attached hydrogen (secondary N) is 1. The largest absolute Gasteiger partial charge is 0.476 e. The minimum absolute atomic E-state index is 0.0695. The number of aromatic nitrogens is 1. The van der Waals surface area contributed by atoms with Crippen molar-refractivity contribution < 1.29 is 18.4 Å². The second kappa shape index (κ2) is 7.32. The second-order valence-corrected chi connectivity index (χ2v) is 7.07. The molecule has 28 heavy (non-hydrogen) atoms. The van der Waals surface area contributed by atoms with E-state index in [4.69, 9.17) is 13.6 Å². The number of furan rings is 1. The molecular weight excluding hydrogens is 380 g/mol. The number of anilines is 1. The monoisotopic (exact) mass is 396 g/mol. The average Bonchev–Trinajstić information content (AvgIpc) is 3.36. The highest BCUT2D eigenvalue weighted by molar-refractivity contribution is 7.13. The van der Waals surface area contributed by atoms with Gasteiger partial charge >= 0.3 is 0 Å². The first-order chi connectivity index (χ1) is 13.5. The molecule has 0 unspecified atom stereocenters. The maximum Gasteiger partial charge on any atom is 0.264 e. The number of carbonyl (C=O) groups excluding carboxylic acids is 1. The molecule has 1 N–H and O–H groups in total. The molecule has 0 fully saturated rings. The number of amides is 1. The summed E-state index contributed by atoms with van der Waals surface area (Å²) in [5, 5.41) is 5.19. The van der Waals surface area contributed by atoms with Gasteiger partial charge in [-0.1, -0.05) is 0 Å². The van der Waals surface area contributed by atoms with Crippen molar-refractivity contribution in [3.05, 3.63) is 63.5 Å².